The van der Waals surface area contributed by atoms with E-state index >= 15 is 0 Å². The number of Topliss-reactive ketones (excluding diaryl/α,β-unsaturated/α-hetero) is 3. The molecule has 0 saturated carbocycles. The van der Waals surface area contributed by atoms with Crippen LogP contribution in [0, 0.1) is 29.6 Å². The minimum atomic E-state index is -2.78. The number of hydrogen-bond donors (Lipinski definition) is 3. The summed E-state index contributed by atoms with van der Waals surface area (Å²) in [5, 5.41) is 33.4. The Morgan fingerprint density at radius 3 is 1.34 bits per heavy atom. The highest BCUT2D eigenvalue weighted by Crippen LogP contribution is 2.27. The minimum absolute atomic E-state index is 0.0287. The van der Waals surface area contributed by atoms with Crippen molar-refractivity contribution in [3.63, 3.8) is 0 Å². The molecule has 0 radical (unpaired) electrons. The van der Waals surface area contributed by atoms with Crippen molar-refractivity contribution >= 4 is 17.3 Å². The van der Waals surface area contributed by atoms with Gasteiger partial charge in [0.2, 0.25) is 5.60 Å². The van der Waals surface area contributed by atoms with Crippen molar-refractivity contribution in [2.45, 2.75) is 176 Å². The fraction of sp³-hybridized carbons (Fsp3) is 0.914. The van der Waals surface area contributed by atoms with Gasteiger partial charge in [0, 0.05) is 19.3 Å². The van der Waals surface area contributed by atoms with Crippen molar-refractivity contribution in [3.8, 4) is 0 Å². The monoisotopic (exact) mass is 582 g/mol. The minimum Gasteiger partial charge on any atom is -0.386 e. The van der Waals surface area contributed by atoms with Gasteiger partial charge < -0.3 is 15.3 Å². The summed E-state index contributed by atoms with van der Waals surface area (Å²) in [6, 6.07) is 0. The standard InChI is InChI=1S/C35H66O6/c1-9-10-11-16-27(6)20-23-31(37)35(41,32(38)24-21-29(8)18-13-15-26(4)5)34(40)33(39)30(36)22-19-28(7)17-12-14-25(2)3/h25-29,33-34,39-41H,9-24H2,1-8H3. The molecule has 0 aromatic carbocycles. The van der Waals surface area contributed by atoms with Crippen LogP contribution in [-0.4, -0.2) is 50.5 Å². The van der Waals surface area contributed by atoms with Gasteiger partial charge in [-0.25, -0.2) is 0 Å². The molecule has 6 atom stereocenters. The van der Waals surface area contributed by atoms with Crippen LogP contribution in [0.15, 0.2) is 0 Å². The first kappa shape index (κ1) is 39.9. The molecule has 242 valence electrons. The molecule has 0 spiro atoms. The number of carbonyl (C=O) groups is 3. The fourth-order valence-corrected chi connectivity index (χ4v) is 5.49. The summed E-state index contributed by atoms with van der Waals surface area (Å²) in [4.78, 5) is 39.7. The predicted molar refractivity (Wildman–Crippen MR) is 169 cm³/mol. The van der Waals surface area contributed by atoms with Crippen molar-refractivity contribution in [1.29, 1.82) is 0 Å². The van der Waals surface area contributed by atoms with Crippen LogP contribution in [0.2, 0.25) is 0 Å². The molecule has 0 aromatic rings. The molecule has 41 heavy (non-hydrogen) atoms. The van der Waals surface area contributed by atoms with Crippen molar-refractivity contribution in [2.75, 3.05) is 0 Å². The van der Waals surface area contributed by atoms with E-state index in [-0.39, 0.29) is 37.0 Å². The van der Waals surface area contributed by atoms with Crippen LogP contribution in [0.3, 0.4) is 0 Å². The largest absolute Gasteiger partial charge is 0.386 e. The Hall–Kier alpha value is -1.11. The van der Waals surface area contributed by atoms with Gasteiger partial charge in [0.15, 0.2) is 17.3 Å². The van der Waals surface area contributed by atoms with E-state index < -0.39 is 35.2 Å². The zero-order valence-corrected chi connectivity index (χ0v) is 27.9. The second-order valence-corrected chi connectivity index (χ2v) is 14.0. The molecule has 0 fully saturated rings. The van der Waals surface area contributed by atoms with Crippen molar-refractivity contribution in [1.82, 2.24) is 0 Å². The first-order valence-electron chi connectivity index (χ1n) is 16.8. The zero-order valence-electron chi connectivity index (χ0n) is 27.9. The van der Waals surface area contributed by atoms with Gasteiger partial charge in [-0.1, -0.05) is 120 Å². The summed E-state index contributed by atoms with van der Waals surface area (Å²) >= 11 is 0. The highest BCUT2D eigenvalue weighted by atomic mass is 16.4. The van der Waals surface area contributed by atoms with Gasteiger partial charge in [0.1, 0.15) is 12.2 Å². The quantitative estimate of drug-likeness (QED) is 0.0714. The van der Waals surface area contributed by atoms with E-state index in [1.54, 1.807) is 0 Å². The lowest BCUT2D eigenvalue weighted by Crippen LogP contribution is -2.61. The van der Waals surface area contributed by atoms with E-state index in [1.807, 2.05) is 13.8 Å². The van der Waals surface area contributed by atoms with Crippen LogP contribution in [0.5, 0.6) is 0 Å². The second-order valence-electron chi connectivity index (χ2n) is 14.0. The lowest BCUT2D eigenvalue weighted by Gasteiger charge is -2.33. The van der Waals surface area contributed by atoms with Gasteiger partial charge in [-0.2, -0.15) is 0 Å². The molecule has 0 amide bonds. The lowest BCUT2D eigenvalue weighted by atomic mass is 9.78. The molecular weight excluding hydrogens is 516 g/mol. The third-order valence-corrected chi connectivity index (χ3v) is 8.78. The van der Waals surface area contributed by atoms with Crippen LogP contribution in [0.25, 0.3) is 0 Å². The molecule has 0 aliphatic heterocycles. The van der Waals surface area contributed by atoms with Crippen LogP contribution in [0.4, 0.5) is 0 Å². The fourth-order valence-electron chi connectivity index (χ4n) is 5.49. The zero-order chi connectivity index (χ0) is 31.6. The van der Waals surface area contributed by atoms with E-state index in [2.05, 4.69) is 41.5 Å². The number of aliphatic hydroxyl groups is 3. The van der Waals surface area contributed by atoms with Crippen molar-refractivity contribution in [3.05, 3.63) is 0 Å². The Morgan fingerprint density at radius 2 is 0.951 bits per heavy atom. The molecule has 0 saturated heterocycles. The molecule has 6 heteroatoms. The van der Waals surface area contributed by atoms with Gasteiger partial charge in [-0.15, -0.1) is 0 Å². The first-order chi connectivity index (χ1) is 19.2. The molecule has 0 aliphatic carbocycles. The summed E-state index contributed by atoms with van der Waals surface area (Å²) in [7, 11) is 0. The summed E-state index contributed by atoms with van der Waals surface area (Å²) in [6.45, 7) is 17.0. The van der Waals surface area contributed by atoms with E-state index in [0.29, 0.717) is 31.1 Å². The number of hydrogen-bond acceptors (Lipinski definition) is 6. The lowest BCUT2D eigenvalue weighted by molar-refractivity contribution is -0.175. The molecule has 0 bridgehead atoms. The Bertz CT molecular complexity index is 732. The summed E-state index contributed by atoms with van der Waals surface area (Å²) < 4.78 is 0. The highest BCUT2D eigenvalue weighted by Gasteiger charge is 2.52. The first-order valence-corrected chi connectivity index (χ1v) is 16.8. The van der Waals surface area contributed by atoms with E-state index in [4.69, 9.17) is 0 Å². The maximum Gasteiger partial charge on any atom is 0.210 e. The Balaban J connectivity index is 5.45. The van der Waals surface area contributed by atoms with E-state index in [9.17, 15) is 29.7 Å². The SMILES string of the molecule is CCCCCC(C)CCC(=O)C(O)(C(=O)CCC(C)CCCC(C)C)C(O)C(O)C(=O)CCC(C)CCCC(C)C. The summed E-state index contributed by atoms with van der Waals surface area (Å²) in [5.41, 5.74) is -2.78. The normalized spacial score (nSPS) is 17.2. The second kappa shape index (κ2) is 21.6. The molecule has 3 N–H and O–H groups in total. The molecule has 6 unspecified atom stereocenters. The van der Waals surface area contributed by atoms with Crippen LogP contribution in [0.1, 0.15) is 158 Å². The van der Waals surface area contributed by atoms with Gasteiger partial charge >= 0.3 is 0 Å². The van der Waals surface area contributed by atoms with Gasteiger partial charge in [-0.3, -0.25) is 14.4 Å². The highest BCUT2D eigenvalue weighted by molar-refractivity contribution is 6.11. The van der Waals surface area contributed by atoms with E-state index in [0.717, 1.165) is 64.2 Å². The summed E-state index contributed by atoms with van der Waals surface area (Å²) in [5.74, 6) is -0.276. The molecule has 0 aliphatic rings. The van der Waals surface area contributed by atoms with Gasteiger partial charge in [0.05, 0.1) is 0 Å². The molecule has 0 heterocycles. The number of aliphatic hydroxyl groups excluding tert-OH is 2. The Kier molecular flexibility index (Phi) is 21.0. The van der Waals surface area contributed by atoms with Crippen LogP contribution < -0.4 is 0 Å². The maximum atomic E-state index is 13.4. The van der Waals surface area contributed by atoms with E-state index in [1.165, 1.54) is 0 Å². The molecule has 0 rings (SSSR count). The molecule has 0 aromatic heterocycles. The van der Waals surface area contributed by atoms with Crippen molar-refractivity contribution in [2.24, 2.45) is 29.6 Å². The Morgan fingerprint density at radius 1 is 0.561 bits per heavy atom. The molecular formula is C35H66O6. The number of carbonyl (C=O) groups excluding carboxylic acids is 3. The smallest absolute Gasteiger partial charge is 0.210 e. The van der Waals surface area contributed by atoms with Gasteiger partial charge in [0.25, 0.3) is 0 Å². The van der Waals surface area contributed by atoms with Crippen LogP contribution >= 0.6 is 0 Å². The Labute approximate surface area is 252 Å². The summed E-state index contributed by atoms with van der Waals surface area (Å²) in [6.07, 6.45) is 7.65. The maximum absolute atomic E-state index is 13.4. The average Bonchev–Trinajstić information content (AvgIpc) is 2.91. The van der Waals surface area contributed by atoms with Crippen LogP contribution in [-0.2, 0) is 14.4 Å². The number of rotatable bonds is 26. The average molecular weight is 583 g/mol. The third kappa shape index (κ3) is 16.4. The van der Waals surface area contributed by atoms with Gasteiger partial charge in [-0.05, 0) is 48.9 Å². The topological polar surface area (TPSA) is 112 Å². The number of ketones is 3. The predicted octanol–water partition coefficient (Wildman–Crippen LogP) is 7.63. The molecule has 6 nitrogen and oxygen atoms in total. The van der Waals surface area contributed by atoms with Crippen molar-refractivity contribution < 1.29 is 29.7 Å². The number of unbranched alkanes of at least 4 members (excludes halogenated alkanes) is 2. The third-order valence-electron chi connectivity index (χ3n) is 8.78.